The average Bonchev–Trinajstić information content (AvgIpc) is 2.43. The van der Waals surface area contributed by atoms with Gasteiger partial charge in [-0.3, -0.25) is 0 Å². The molecular formula is C17H27NO4S. The number of rotatable bonds is 8. The monoisotopic (exact) mass is 341 g/mol. The molecule has 0 saturated carbocycles. The molecule has 0 aliphatic carbocycles. The largest absolute Gasteiger partial charge is 0.444 e. The number of carbonyl (C=O) groups excluding carboxylic acids is 1. The Kier molecular flexibility index (Phi) is 7.55. The Hall–Kier alpha value is -1.56. The Morgan fingerprint density at radius 1 is 1.09 bits per heavy atom. The summed E-state index contributed by atoms with van der Waals surface area (Å²) in [5.74, 6) is 0.256. The van der Waals surface area contributed by atoms with Crippen molar-refractivity contribution in [2.24, 2.45) is 0 Å². The van der Waals surface area contributed by atoms with Crippen molar-refractivity contribution in [3.63, 3.8) is 0 Å². The highest BCUT2D eigenvalue weighted by molar-refractivity contribution is 7.91. The fourth-order valence-corrected chi connectivity index (χ4v) is 3.41. The fraction of sp³-hybridized carbons (Fsp3) is 0.588. The molecule has 130 valence electrons. The molecule has 1 rings (SSSR count). The molecule has 23 heavy (non-hydrogen) atoms. The molecule has 0 fully saturated rings. The summed E-state index contributed by atoms with van der Waals surface area (Å²) in [7, 11) is -3.08. The third-order valence-electron chi connectivity index (χ3n) is 3.06. The van der Waals surface area contributed by atoms with Gasteiger partial charge in [-0.15, -0.1) is 0 Å². The zero-order chi connectivity index (χ0) is 17.3. The van der Waals surface area contributed by atoms with Crippen LogP contribution in [0.1, 0.15) is 39.2 Å². The molecule has 0 heterocycles. The van der Waals surface area contributed by atoms with Gasteiger partial charge in [0.1, 0.15) is 15.4 Å². The van der Waals surface area contributed by atoms with Crippen LogP contribution >= 0.6 is 0 Å². The van der Waals surface area contributed by atoms with Crippen LogP contribution in [-0.4, -0.2) is 38.2 Å². The van der Waals surface area contributed by atoms with Gasteiger partial charge in [0.15, 0.2) is 0 Å². The summed E-state index contributed by atoms with van der Waals surface area (Å²) in [6.45, 7) is 5.64. The summed E-state index contributed by atoms with van der Waals surface area (Å²) in [5, 5.41) is 2.57. The molecule has 1 aromatic rings. The van der Waals surface area contributed by atoms with Crippen molar-refractivity contribution >= 4 is 15.9 Å². The highest BCUT2D eigenvalue weighted by Crippen LogP contribution is 2.07. The maximum absolute atomic E-state index is 12.0. The van der Waals surface area contributed by atoms with Crippen LogP contribution in [0.15, 0.2) is 30.3 Å². The lowest BCUT2D eigenvalue weighted by molar-refractivity contribution is 0.0528. The molecule has 6 heteroatoms. The molecule has 1 aromatic carbocycles. The highest BCUT2D eigenvalue weighted by atomic mass is 32.2. The third kappa shape index (κ3) is 9.94. The smallest absolute Gasteiger partial charge is 0.407 e. The van der Waals surface area contributed by atoms with Crippen LogP contribution < -0.4 is 5.32 Å². The van der Waals surface area contributed by atoms with Crippen LogP contribution in [0.25, 0.3) is 0 Å². The van der Waals surface area contributed by atoms with Crippen LogP contribution in [-0.2, 0) is 21.0 Å². The highest BCUT2D eigenvalue weighted by Gasteiger charge is 2.16. The van der Waals surface area contributed by atoms with E-state index in [1.54, 1.807) is 20.8 Å². The molecule has 0 saturated heterocycles. The molecule has 1 N–H and O–H groups in total. The number of hydrogen-bond acceptors (Lipinski definition) is 4. The minimum absolute atomic E-state index is 0.0809. The van der Waals surface area contributed by atoms with Gasteiger partial charge in [0.25, 0.3) is 0 Å². The maximum atomic E-state index is 12.0. The molecule has 0 spiro atoms. The fourth-order valence-electron chi connectivity index (χ4n) is 2.04. The number of benzene rings is 1. The summed E-state index contributed by atoms with van der Waals surface area (Å²) in [6.07, 6.45) is 1.26. The van der Waals surface area contributed by atoms with E-state index in [1.807, 2.05) is 30.3 Å². The van der Waals surface area contributed by atoms with Gasteiger partial charge >= 0.3 is 6.09 Å². The predicted octanol–water partition coefficient (Wildman–Crippen LogP) is 2.95. The molecule has 0 radical (unpaired) electrons. The molecule has 5 nitrogen and oxygen atoms in total. The van der Waals surface area contributed by atoms with Crippen molar-refractivity contribution in [2.45, 2.75) is 45.6 Å². The molecule has 0 aliphatic rings. The minimum atomic E-state index is -3.08. The number of alkyl carbamates (subject to hydrolysis) is 1. The second-order valence-corrected chi connectivity index (χ2v) is 8.83. The Bertz CT molecular complexity index is 576. The van der Waals surface area contributed by atoms with E-state index in [2.05, 4.69) is 5.32 Å². The van der Waals surface area contributed by atoms with E-state index in [0.717, 1.165) is 12.0 Å². The summed E-state index contributed by atoms with van der Waals surface area (Å²) in [5.41, 5.74) is 0.599. The van der Waals surface area contributed by atoms with E-state index in [-0.39, 0.29) is 11.5 Å². The van der Waals surface area contributed by atoms with Crippen molar-refractivity contribution in [1.82, 2.24) is 5.32 Å². The standard InChI is InChI=1S/C17H27NO4S/c1-17(2,3)22-16(19)18-12-8-14-23(20,21)13-7-11-15-9-5-4-6-10-15/h4-6,9-10H,7-8,11-14H2,1-3H3,(H,18,19). The molecule has 0 bridgehead atoms. The number of hydrogen-bond donors (Lipinski definition) is 1. The van der Waals surface area contributed by atoms with E-state index in [4.69, 9.17) is 4.74 Å². The second kappa shape index (κ2) is 8.91. The van der Waals surface area contributed by atoms with Crippen LogP contribution in [0.3, 0.4) is 0 Å². The van der Waals surface area contributed by atoms with Crippen molar-refractivity contribution in [2.75, 3.05) is 18.1 Å². The van der Waals surface area contributed by atoms with Gasteiger partial charge in [0.2, 0.25) is 0 Å². The number of carbonyl (C=O) groups is 1. The van der Waals surface area contributed by atoms with Gasteiger partial charge in [-0.25, -0.2) is 13.2 Å². The van der Waals surface area contributed by atoms with E-state index in [1.165, 1.54) is 0 Å². The first-order chi connectivity index (χ1) is 10.7. The molecule has 0 unspecified atom stereocenters. The maximum Gasteiger partial charge on any atom is 0.407 e. The van der Waals surface area contributed by atoms with E-state index in [9.17, 15) is 13.2 Å². The third-order valence-corrected chi connectivity index (χ3v) is 4.89. The SMILES string of the molecule is CC(C)(C)OC(=O)NCCCS(=O)(=O)CCCc1ccccc1. The van der Waals surface area contributed by atoms with Gasteiger partial charge in [-0.1, -0.05) is 30.3 Å². The van der Waals surface area contributed by atoms with E-state index in [0.29, 0.717) is 19.4 Å². The number of amides is 1. The van der Waals surface area contributed by atoms with Crippen LogP contribution in [0, 0.1) is 0 Å². The lowest BCUT2D eigenvalue weighted by Gasteiger charge is -2.19. The summed E-state index contributed by atoms with van der Waals surface area (Å²) in [4.78, 5) is 11.4. The van der Waals surface area contributed by atoms with Crippen molar-refractivity contribution in [1.29, 1.82) is 0 Å². The first-order valence-corrected chi connectivity index (χ1v) is 9.71. The summed E-state index contributed by atoms with van der Waals surface area (Å²) in [6, 6.07) is 9.84. The topological polar surface area (TPSA) is 72.5 Å². The Labute approximate surface area is 139 Å². The quantitative estimate of drug-likeness (QED) is 0.738. The first kappa shape index (κ1) is 19.5. The first-order valence-electron chi connectivity index (χ1n) is 7.89. The second-order valence-electron chi connectivity index (χ2n) is 6.52. The molecule has 0 aromatic heterocycles. The number of nitrogens with one attached hydrogen (secondary N) is 1. The van der Waals surface area contributed by atoms with Gasteiger partial charge < -0.3 is 10.1 Å². The zero-order valence-corrected chi connectivity index (χ0v) is 15.0. The average molecular weight is 341 g/mol. The van der Waals surface area contributed by atoms with Crippen LogP contribution in [0.2, 0.25) is 0 Å². The molecule has 1 amide bonds. The normalized spacial score (nSPS) is 12.0. The number of sulfone groups is 1. The molecule has 0 aliphatic heterocycles. The van der Waals surface area contributed by atoms with Crippen LogP contribution in [0.5, 0.6) is 0 Å². The Balaban J connectivity index is 2.19. The van der Waals surface area contributed by atoms with Crippen molar-refractivity contribution < 1.29 is 17.9 Å². The van der Waals surface area contributed by atoms with Crippen LogP contribution in [0.4, 0.5) is 4.79 Å². The van der Waals surface area contributed by atoms with Crippen molar-refractivity contribution in [3.8, 4) is 0 Å². The van der Waals surface area contributed by atoms with Gasteiger partial charge in [-0.05, 0) is 45.6 Å². The van der Waals surface area contributed by atoms with E-state index < -0.39 is 21.5 Å². The van der Waals surface area contributed by atoms with E-state index >= 15 is 0 Å². The summed E-state index contributed by atoms with van der Waals surface area (Å²) < 4.78 is 29.0. The van der Waals surface area contributed by atoms with Gasteiger partial charge in [-0.2, -0.15) is 0 Å². The summed E-state index contributed by atoms with van der Waals surface area (Å²) >= 11 is 0. The Morgan fingerprint density at radius 2 is 1.70 bits per heavy atom. The predicted molar refractivity (Wildman–Crippen MR) is 92.3 cm³/mol. The zero-order valence-electron chi connectivity index (χ0n) is 14.2. The molecule has 0 atom stereocenters. The molecular weight excluding hydrogens is 314 g/mol. The lowest BCUT2D eigenvalue weighted by Crippen LogP contribution is -2.33. The Morgan fingerprint density at radius 3 is 2.30 bits per heavy atom. The minimum Gasteiger partial charge on any atom is -0.444 e. The van der Waals surface area contributed by atoms with Gasteiger partial charge in [0.05, 0.1) is 11.5 Å². The number of aryl methyl sites for hydroxylation is 1. The van der Waals surface area contributed by atoms with Crippen molar-refractivity contribution in [3.05, 3.63) is 35.9 Å². The lowest BCUT2D eigenvalue weighted by atomic mass is 10.1. The van der Waals surface area contributed by atoms with Gasteiger partial charge in [0, 0.05) is 6.54 Å². The number of ether oxygens (including phenoxy) is 1.